The Morgan fingerprint density at radius 1 is 1.54 bits per heavy atom. The molecule has 0 saturated carbocycles. The summed E-state index contributed by atoms with van der Waals surface area (Å²) < 4.78 is 25.3. The van der Waals surface area contributed by atoms with Crippen molar-refractivity contribution in [2.24, 2.45) is 0 Å². The van der Waals surface area contributed by atoms with Gasteiger partial charge in [0.2, 0.25) is 0 Å². The molecule has 0 aliphatic rings. The quantitative estimate of drug-likeness (QED) is 0.605. The van der Waals surface area contributed by atoms with Crippen LogP contribution in [0.2, 0.25) is 0 Å². The minimum atomic E-state index is -3.14. The van der Waals surface area contributed by atoms with Gasteiger partial charge < -0.3 is 10.4 Å². The number of nitrogens with one attached hydrogen (secondary N) is 1. The van der Waals surface area contributed by atoms with E-state index in [-0.39, 0.29) is 0 Å². The van der Waals surface area contributed by atoms with Gasteiger partial charge >= 0.3 is 5.97 Å². The van der Waals surface area contributed by atoms with Crippen LogP contribution in [0.3, 0.4) is 0 Å². The number of alkyl halides is 2. The van der Waals surface area contributed by atoms with Gasteiger partial charge in [-0.05, 0) is 13.0 Å². The number of hydrogen-bond acceptors (Lipinski definition) is 2. The van der Waals surface area contributed by atoms with Gasteiger partial charge in [-0.3, -0.25) is 4.79 Å². The fraction of sp³-hybridized carbons (Fsp3) is 0.875. The Balaban J connectivity index is 3.56. The zero-order chi connectivity index (χ0) is 10.3. The molecule has 0 spiro atoms. The van der Waals surface area contributed by atoms with E-state index in [2.05, 4.69) is 5.32 Å². The summed E-state index contributed by atoms with van der Waals surface area (Å²) in [5.41, 5.74) is 0. The third-order valence-corrected chi connectivity index (χ3v) is 1.50. The lowest BCUT2D eigenvalue weighted by molar-refractivity contribution is -0.144. The maximum absolute atomic E-state index is 12.7. The van der Waals surface area contributed by atoms with Crippen molar-refractivity contribution in [2.75, 3.05) is 13.1 Å². The molecule has 0 aliphatic carbocycles. The molecule has 0 heterocycles. The summed E-state index contributed by atoms with van der Waals surface area (Å²) in [6, 6.07) is 0. The van der Waals surface area contributed by atoms with E-state index < -0.39 is 24.9 Å². The summed E-state index contributed by atoms with van der Waals surface area (Å²) in [6.07, 6.45) is 0.646. The Labute approximate surface area is 76.1 Å². The van der Waals surface area contributed by atoms with E-state index in [1.807, 2.05) is 6.92 Å². The normalized spacial score (nSPS) is 11.6. The molecule has 0 aromatic carbocycles. The second kappa shape index (κ2) is 5.85. The standard InChI is InChI=1S/C8H15F2NO2/c1-2-3-4-11-6-8(9,10)5-7(12)13/h11H,2-6H2,1H3,(H,12,13). The predicted octanol–water partition coefficient (Wildman–Crippen LogP) is 1.49. The molecule has 0 unspecified atom stereocenters. The van der Waals surface area contributed by atoms with E-state index in [0.29, 0.717) is 6.54 Å². The second-order valence-corrected chi connectivity index (χ2v) is 2.96. The minimum absolute atomic E-state index is 0.506. The van der Waals surface area contributed by atoms with E-state index in [1.54, 1.807) is 0 Å². The molecule has 0 atom stereocenters. The van der Waals surface area contributed by atoms with Crippen molar-refractivity contribution >= 4 is 5.97 Å². The molecule has 78 valence electrons. The number of halogens is 2. The summed E-state index contributed by atoms with van der Waals surface area (Å²) in [6.45, 7) is 1.90. The summed E-state index contributed by atoms with van der Waals surface area (Å²) in [5.74, 6) is -4.61. The molecule has 0 aliphatic heterocycles. The fourth-order valence-corrected chi connectivity index (χ4v) is 0.857. The van der Waals surface area contributed by atoms with Gasteiger partial charge in [-0.25, -0.2) is 8.78 Å². The molecule has 0 aromatic rings. The molecule has 0 fully saturated rings. The third kappa shape index (κ3) is 7.64. The van der Waals surface area contributed by atoms with Crippen LogP contribution >= 0.6 is 0 Å². The molecule has 0 rings (SSSR count). The Kier molecular flexibility index (Phi) is 5.53. The van der Waals surface area contributed by atoms with Gasteiger partial charge in [0.15, 0.2) is 0 Å². The van der Waals surface area contributed by atoms with Gasteiger partial charge in [0.1, 0.15) is 6.42 Å². The summed E-state index contributed by atoms with van der Waals surface area (Å²) >= 11 is 0. The Morgan fingerprint density at radius 3 is 2.62 bits per heavy atom. The molecule has 2 N–H and O–H groups in total. The first kappa shape index (κ1) is 12.3. The van der Waals surface area contributed by atoms with Crippen LogP contribution in [0.5, 0.6) is 0 Å². The monoisotopic (exact) mass is 195 g/mol. The number of carbonyl (C=O) groups is 1. The Hall–Kier alpha value is -0.710. The molecule has 5 heteroatoms. The number of unbranched alkanes of at least 4 members (excludes halogenated alkanes) is 1. The van der Waals surface area contributed by atoms with E-state index in [9.17, 15) is 13.6 Å². The van der Waals surface area contributed by atoms with Crippen molar-refractivity contribution in [3.63, 3.8) is 0 Å². The van der Waals surface area contributed by atoms with Crippen LogP contribution in [0, 0.1) is 0 Å². The average molecular weight is 195 g/mol. The van der Waals surface area contributed by atoms with Crippen molar-refractivity contribution in [3.8, 4) is 0 Å². The third-order valence-electron chi connectivity index (χ3n) is 1.50. The molecule has 0 bridgehead atoms. The van der Waals surface area contributed by atoms with Gasteiger partial charge in [0, 0.05) is 0 Å². The minimum Gasteiger partial charge on any atom is -0.481 e. The molecule has 3 nitrogen and oxygen atoms in total. The number of hydrogen-bond donors (Lipinski definition) is 2. The van der Waals surface area contributed by atoms with Crippen molar-refractivity contribution in [1.29, 1.82) is 0 Å². The fourth-order valence-electron chi connectivity index (χ4n) is 0.857. The van der Waals surface area contributed by atoms with Crippen molar-refractivity contribution < 1.29 is 18.7 Å². The van der Waals surface area contributed by atoms with Crippen LogP contribution in [0.4, 0.5) is 8.78 Å². The summed E-state index contributed by atoms with van der Waals surface area (Å²) in [5, 5.41) is 10.7. The molecule has 13 heavy (non-hydrogen) atoms. The van der Waals surface area contributed by atoms with Crippen molar-refractivity contribution in [3.05, 3.63) is 0 Å². The molecular weight excluding hydrogens is 180 g/mol. The highest BCUT2D eigenvalue weighted by atomic mass is 19.3. The van der Waals surface area contributed by atoms with Gasteiger partial charge in [-0.15, -0.1) is 0 Å². The van der Waals surface area contributed by atoms with Crippen LogP contribution in [0.25, 0.3) is 0 Å². The number of aliphatic carboxylic acids is 1. The Bertz CT molecular complexity index is 162. The highest BCUT2D eigenvalue weighted by Gasteiger charge is 2.31. The van der Waals surface area contributed by atoms with E-state index >= 15 is 0 Å². The lowest BCUT2D eigenvalue weighted by Gasteiger charge is -2.14. The zero-order valence-electron chi connectivity index (χ0n) is 7.65. The maximum Gasteiger partial charge on any atom is 0.309 e. The van der Waals surface area contributed by atoms with Crippen LogP contribution < -0.4 is 5.32 Å². The lowest BCUT2D eigenvalue weighted by Crippen LogP contribution is -2.35. The largest absolute Gasteiger partial charge is 0.481 e. The number of carboxylic acids is 1. The first-order chi connectivity index (χ1) is 5.98. The number of rotatable bonds is 7. The van der Waals surface area contributed by atoms with Gasteiger partial charge in [0.25, 0.3) is 5.92 Å². The number of carboxylic acid groups (broad SMARTS) is 1. The maximum atomic E-state index is 12.7. The van der Waals surface area contributed by atoms with Gasteiger partial charge in [-0.2, -0.15) is 0 Å². The molecule has 0 radical (unpaired) electrons. The van der Waals surface area contributed by atoms with E-state index in [1.165, 1.54) is 0 Å². The van der Waals surface area contributed by atoms with Crippen LogP contribution in [0.15, 0.2) is 0 Å². The first-order valence-electron chi connectivity index (χ1n) is 4.28. The molecule has 0 saturated heterocycles. The van der Waals surface area contributed by atoms with Crippen molar-refractivity contribution in [1.82, 2.24) is 5.32 Å². The molecule has 0 aromatic heterocycles. The van der Waals surface area contributed by atoms with Gasteiger partial charge in [0.05, 0.1) is 6.54 Å². The topological polar surface area (TPSA) is 49.3 Å². The van der Waals surface area contributed by atoms with Gasteiger partial charge in [-0.1, -0.05) is 13.3 Å². The SMILES string of the molecule is CCCCNCC(F)(F)CC(=O)O. The highest BCUT2D eigenvalue weighted by Crippen LogP contribution is 2.16. The first-order valence-corrected chi connectivity index (χ1v) is 4.28. The lowest BCUT2D eigenvalue weighted by atomic mass is 10.2. The second-order valence-electron chi connectivity index (χ2n) is 2.96. The van der Waals surface area contributed by atoms with Crippen LogP contribution in [0.1, 0.15) is 26.2 Å². The predicted molar refractivity (Wildman–Crippen MR) is 45.0 cm³/mol. The zero-order valence-corrected chi connectivity index (χ0v) is 7.65. The van der Waals surface area contributed by atoms with Crippen LogP contribution in [-0.4, -0.2) is 30.1 Å². The van der Waals surface area contributed by atoms with E-state index in [4.69, 9.17) is 5.11 Å². The van der Waals surface area contributed by atoms with Crippen LogP contribution in [-0.2, 0) is 4.79 Å². The molecule has 0 amide bonds. The highest BCUT2D eigenvalue weighted by molar-refractivity contribution is 5.67. The van der Waals surface area contributed by atoms with Crippen molar-refractivity contribution in [2.45, 2.75) is 32.1 Å². The van der Waals surface area contributed by atoms with E-state index in [0.717, 1.165) is 12.8 Å². The molecular formula is C8H15F2NO2. The smallest absolute Gasteiger partial charge is 0.309 e. The Morgan fingerprint density at radius 2 is 2.15 bits per heavy atom. The average Bonchev–Trinajstić information content (AvgIpc) is 1.95. The summed E-state index contributed by atoms with van der Waals surface area (Å²) in [4.78, 5) is 10.00. The summed E-state index contributed by atoms with van der Waals surface area (Å²) in [7, 11) is 0.